The van der Waals surface area contributed by atoms with E-state index in [0.29, 0.717) is 43.4 Å². The van der Waals surface area contributed by atoms with E-state index in [4.69, 9.17) is 9.72 Å². The second-order valence-corrected chi connectivity index (χ2v) is 9.37. The molecular formula is C27H30FN7O2. The summed E-state index contributed by atoms with van der Waals surface area (Å²) >= 11 is 0. The Labute approximate surface area is 214 Å². The van der Waals surface area contributed by atoms with Crippen LogP contribution in [0, 0.1) is 5.82 Å². The monoisotopic (exact) mass is 503 g/mol. The van der Waals surface area contributed by atoms with Crippen LogP contribution in [0.1, 0.15) is 12.5 Å². The Hall–Kier alpha value is -4.18. The Morgan fingerprint density at radius 2 is 2.03 bits per heavy atom. The van der Waals surface area contributed by atoms with Gasteiger partial charge in [-0.3, -0.25) is 4.79 Å². The van der Waals surface area contributed by atoms with E-state index in [1.165, 1.54) is 13.0 Å². The zero-order valence-corrected chi connectivity index (χ0v) is 21.4. The lowest BCUT2D eigenvalue weighted by atomic mass is 10.0. The fourth-order valence-corrected chi connectivity index (χ4v) is 4.55. The van der Waals surface area contributed by atoms with E-state index in [1.54, 1.807) is 6.07 Å². The molecule has 0 radical (unpaired) electrons. The van der Waals surface area contributed by atoms with E-state index in [0.717, 1.165) is 27.7 Å². The van der Waals surface area contributed by atoms with Crippen LogP contribution < -0.4 is 20.7 Å². The number of carbonyl (C=O) groups excluding carboxylic acids is 1. The van der Waals surface area contributed by atoms with Crippen molar-refractivity contribution in [2.24, 2.45) is 7.05 Å². The Bertz CT molecular complexity index is 1480. The summed E-state index contributed by atoms with van der Waals surface area (Å²) in [5.74, 6) is 0.00173. The van der Waals surface area contributed by atoms with Crippen LogP contribution in [0.3, 0.4) is 0 Å². The predicted molar refractivity (Wildman–Crippen MR) is 144 cm³/mol. The number of benzene rings is 2. The van der Waals surface area contributed by atoms with Crippen molar-refractivity contribution in [3.63, 3.8) is 0 Å². The number of nitrogens with zero attached hydrogens (tertiary/aromatic N) is 4. The molecule has 1 aliphatic rings. The highest BCUT2D eigenvalue weighted by Crippen LogP contribution is 2.38. The molecule has 0 saturated carbocycles. The molecule has 3 heterocycles. The van der Waals surface area contributed by atoms with Crippen molar-refractivity contribution >= 4 is 39.8 Å². The van der Waals surface area contributed by atoms with E-state index in [2.05, 4.69) is 43.8 Å². The van der Waals surface area contributed by atoms with Gasteiger partial charge < -0.3 is 30.2 Å². The first-order valence-corrected chi connectivity index (χ1v) is 12.1. The van der Waals surface area contributed by atoms with Gasteiger partial charge in [-0.25, -0.2) is 9.37 Å². The minimum Gasteiger partial charge on any atom is -0.477 e. The van der Waals surface area contributed by atoms with Crippen LogP contribution in [0.25, 0.3) is 22.2 Å². The Morgan fingerprint density at radius 1 is 1.22 bits per heavy atom. The minimum atomic E-state index is -0.501. The number of rotatable bonds is 8. The number of carbonyl (C=O) groups is 1. The van der Waals surface area contributed by atoms with Gasteiger partial charge in [0, 0.05) is 67.4 Å². The van der Waals surface area contributed by atoms with Gasteiger partial charge in [0.1, 0.15) is 0 Å². The van der Waals surface area contributed by atoms with Gasteiger partial charge in [0.25, 0.3) is 0 Å². The Kier molecular flexibility index (Phi) is 6.66. The van der Waals surface area contributed by atoms with Crippen LogP contribution in [-0.2, 0) is 18.3 Å². The molecule has 37 heavy (non-hydrogen) atoms. The highest BCUT2D eigenvalue weighted by Gasteiger charge is 2.24. The van der Waals surface area contributed by atoms with E-state index < -0.39 is 5.82 Å². The van der Waals surface area contributed by atoms with Gasteiger partial charge in [-0.15, -0.1) is 0 Å². The molecule has 0 saturated heterocycles. The largest absolute Gasteiger partial charge is 0.477 e. The molecule has 0 bridgehead atoms. The normalized spacial score (nSPS) is 12.5. The van der Waals surface area contributed by atoms with E-state index >= 15 is 4.39 Å². The van der Waals surface area contributed by atoms with Gasteiger partial charge in [0.15, 0.2) is 5.82 Å². The topological polar surface area (TPSA) is 96.3 Å². The highest BCUT2D eigenvalue weighted by molar-refractivity contribution is 5.96. The van der Waals surface area contributed by atoms with Crippen LogP contribution in [-0.4, -0.2) is 59.1 Å². The van der Waals surface area contributed by atoms with Crippen molar-refractivity contribution in [3.05, 3.63) is 54.0 Å². The molecule has 2 aromatic carbocycles. The second-order valence-electron chi connectivity index (χ2n) is 9.37. The number of nitrogens with one attached hydrogen (secondary N) is 3. The Morgan fingerprint density at radius 3 is 2.81 bits per heavy atom. The number of hydrogen-bond acceptors (Lipinski definition) is 7. The molecule has 3 N–H and O–H groups in total. The first-order valence-electron chi connectivity index (χ1n) is 12.1. The molecule has 10 heteroatoms. The number of hydrogen-bond donors (Lipinski definition) is 3. The zero-order chi connectivity index (χ0) is 26.1. The first kappa shape index (κ1) is 24.5. The standard InChI is InChI=1S/C27H30FN7O2/c1-16(36)30-22-14-17(13-21(28)25(22)29-10-11-34(2)3)31-27-32-24(19-9-12-37-26(19)33-27)20-15-35(4)23-8-6-5-7-18(20)23/h5-8,13-15,29H,9-12H2,1-4H3,(H,30,36)(H,31,32,33). The second kappa shape index (κ2) is 10.1. The molecule has 9 nitrogen and oxygen atoms in total. The van der Waals surface area contributed by atoms with E-state index in [-0.39, 0.29) is 17.5 Å². The van der Waals surface area contributed by atoms with Crippen LogP contribution in [0.2, 0.25) is 0 Å². The van der Waals surface area contributed by atoms with Crippen molar-refractivity contribution in [2.75, 3.05) is 49.7 Å². The predicted octanol–water partition coefficient (Wildman–Crippen LogP) is 4.38. The number of aryl methyl sites for hydroxylation is 1. The third kappa shape index (κ3) is 5.05. The highest BCUT2D eigenvalue weighted by atomic mass is 19.1. The molecule has 2 aromatic heterocycles. The summed E-state index contributed by atoms with van der Waals surface area (Å²) in [5, 5.41) is 10.00. The van der Waals surface area contributed by atoms with Crippen LogP contribution in [0.4, 0.5) is 27.4 Å². The molecule has 1 amide bonds. The van der Waals surface area contributed by atoms with Gasteiger partial charge in [-0.05, 0) is 32.3 Å². The molecule has 0 spiro atoms. The van der Waals surface area contributed by atoms with Crippen molar-refractivity contribution in [2.45, 2.75) is 13.3 Å². The fourth-order valence-electron chi connectivity index (χ4n) is 4.55. The maximum atomic E-state index is 15.2. The van der Waals surface area contributed by atoms with Crippen molar-refractivity contribution in [1.82, 2.24) is 19.4 Å². The molecule has 1 aliphatic heterocycles. The molecule has 0 unspecified atom stereocenters. The third-order valence-corrected chi connectivity index (χ3v) is 6.23. The summed E-state index contributed by atoms with van der Waals surface area (Å²) in [6, 6.07) is 11.2. The molecule has 192 valence electrons. The molecule has 0 fully saturated rings. The molecule has 5 rings (SSSR count). The lowest BCUT2D eigenvalue weighted by Gasteiger charge is -2.17. The summed E-state index contributed by atoms with van der Waals surface area (Å²) in [6.07, 6.45) is 2.76. The lowest BCUT2D eigenvalue weighted by Crippen LogP contribution is -2.22. The van der Waals surface area contributed by atoms with Crippen LogP contribution >= 0.6 is 0 Å². The Balaban J connectivity index is 1.52. The van der Waals surface area contributed by atoms with Gasteiger partial charge in [-0.2, -0.15) is 4.98 Å². The number of anilines is 4. The summed E-state index contributed by atoms with van der Waals surface area (Å²) < 4.78 is 23.1. The summed E-state index contributed by atoms with van der Waals surface area (Å²) in [6.45, 7) is 3.14. The SMILES string of the molecule is CC(=O)Nc1cc(Nc2nc3c(c(-c4cn(C)c5ccccc45)n2)CCO3)cc(F)c1NCCN(C)C. The third-order valence-electron chi connectivity index (χ3n) is 6.23. The summed E-state index contributed by atoms with van der Waals surface area (Å²) in [4.78, 5) is 23.2. The van der Waals surface area contributed by atoms with Crippen LogP contribution in [0.15, 0.2) is 42.6 Å². The molecule has 0 aliphatic carbocycles. The van der Waals surface area contributed by atoms with Crippen molar-refractivity contribution < 1.29 is 13.9 Å². The number of halogens is 1. The number of amides is 1. The quantitative estimate of drug-likeness (QED) is 0.328. The fraction of sp³-hybridized carbons (Fsp3) is 0.296. The maximum Gasteiger partial charge on any atom is 0.231 e. The number of likely N-dealkylation sites (N-methyl/N-ethyl adjacent to an activating group) is 1. The number of ether oxygens (including phenoxy) is 1. The van der Waals surface area contributed by atoms with Gasteiger partial charge in [0.05, 0.1) is 23.7 Å². The van der Waals surface area contributed by atoms with Crippen molar-refractivity contribution in [1.29, 1.82) is 0 Å². The number of aromatic nitrogens is 3. The van der Waals surface area contributed by atoms with Gasteiger partial charge >= 0.3 is 0 Å². The summed E-state index contributed by atoms with van der Waals surface area (Å²) in [7, 11) is 5.88. The zero-order valence-electron chi connectivity index (χ0n) is 21.4. The number of para-hydroxylation sites is 1. The smallest absolute Gasteiger partial charge is 0.231 e. The molecule has 0 atom stereocenters. The van der Waals surface area contributed by atoms with Crippen molar-refractivity contribution in [3.8, 4) is 17.1 Å². The first-order chi connectivity index (χ1) is 17.8. The van der Waals surface area contributed by atoms with Gasteiger partial charge in [0.2, 0.25) is 17.7 Å². The van der Waals surface area contributed by atoms with E-state index in [1.807, 2.05) is 38.2 Å². The maximum absolute atomic E-state index is 15.2. The van der Waals surface area contributed by atoms with Gasteiger partial charge in [-0.1, -0.05) is 18.2 Å². The molecule has 4 aromatic rings. The average Bonchev–Trinajstić information content (AvgIpc) is 3.44. The average molecular weight is 504 g/mol. The minimum absolute atomic E-state index is 0.234. The lowest BCUT2D eigenvalue weighted by molar-refractivity contribution is -0.114. The molecular weight excluding hydrogens is 473 g/mol. The number of fused-ring (bicyclic) bond motifs is 2. The van der Waals surface area contributed by atoms with E-state index in [9.17, 15) is 4.79 Å². The van der Waals surface area contributed by atoms with Crippen LogP contribution in [0.5, 0.6) is 5.88 Å². The summed E-state index contributed by atoms with van der Waals surface area (Å²) in [5.41, 5.74) is 4.78.